The summed E-state index contributed by atoms with van der Waals surface area (Å²) in [5.41, 5.74) is 6.30. The highest BCUT2D eigenvalue weighted by molar-refractivity contribution is 5.26. The largest absolute Gasteiger partial charge is 0.275 e. The standard InChI is InChI=1S/C11H20N4/c1-5-10-9(7-15(4)14-10)11(13-12)6-8(2)3/h6-7,11,13H,5,12H2,1-4H3. The van der Waals surface area contributed by atoms with Gasteiger partial charge in [0.25, 0.3) is 0 Å². The molecule has 0 fully saturated rings. The number of aromatic nitrogens is 2. The molecule has 1 heterocycles. The molecule has 84 valence electrons. The van der Waals surface area contributed by atoms with E-state index in [2.05, 4.69) is 37.4 Å². The maximum absolute atomic E-state index is 5.55. The Labute approximate surface area is 91.1 Å². The molecular formula is C11H20N4. The van der Waals surface area contributed by atoms with Crippen molar-refractivity contribution < 1.29 is 0 Å². The van der Waals surface area contributed by atoms with Crippen LogP contribution in [0.4, 0.5) is 0 Å². The van der Waals surface area contributed by atoms with E-state index in [0.717, 1.165) is 17.7 Å². The first kappa shape index (κ1) is 11.9. The zero-order valence-corrected chi connectivity index (χ0v) is 9.91. The van der Waals surface area contributed by atoms with Gasteiger partial charge in [0.2, 0.25) is 0 Å². The maximum Gasteiger partial charge on any atom is 0.0676 e. The van der Waals surface area contributed by atoms with Crippen molar-refractivity contribution in [2.45, 2.75) is 33.2 Å². The van der Waals surface area contributed by atoms with Gasteiger partial charge in [-0.05, 0) is 20.3 Å². The van der Waals surface area contributed by atoms with Crippen LogP contribution in [0.1, 0.15) is 38.1 Å². The summed E-state index contributed by atoms with van der Waals surface area (Å²) in [6.07, 6.45) is 5.05. The minimum absolute atomic E-state index is 0.0543. The van der Waals surface area contributed by atoms with E-state index in [-0.39, 0.29) is 6.04 Å². The Hall–Kier alpha value is -1.13. The lowest BCUT2D eigenvalue weighted by atomic mass is 10.0. The fraction of sp³-hybridized carbons (Fsp3) is 0.545. The van der Waals surface area contributed by atoms with Gasteiger partial charge >= 0.3 is 0 Å². The van der Waals surface area contributed by atoms with Crippen molar-refractivity contribution in [1.82, 2.24) is 15.2 Å². The summed E-state index contributed by atoms with van der Waals surface area (Å²) in [6, 6.07) is 0.0543. The molecule has 3 N–H and O–H groups in total. The summed E-state index contributed by atoms with van der Waals surface area (Å²) < 4.78 is 1.83. The summed E-state index contributed by atoms with van der Waals surface area (Å²) in [7, 11) is 1.93. The number of nitrogens with one attached hydrogen (secondary N) is 1. The summed E-state index contributed by atoms with van der Waals surface area (Å²) in [6.45, 7) is 6.22. The topological polar surface area (TPSA) is 55.9 Å². The van der Waals surface area contributed by atoms with Gasteiger partial charge in [-0.25, -0.2) is 5.43 Å². The van der Waals surface area contributed by atoms with Crippen LogP contribution in [0.2, 0.25) is 0 Å². The molecule has 0 aliphatic rings. The van der Waals surface area contributed by atoms with E-state index in [9.17, 15) is 0 Å². The molecule has 0 amide bonds. The lowest BCUT2D eigenvalue weighted by Gasteiger charge is -2.11. The van der Waals surface area contributed by atoms with E-state index in [1.807, 2.05) is 17.9 Å². The number of hydrazine groups is 1. The Balaban J connectivity index is 3.05. The van der Waals surface area contributed by atoms with Crippen LogP contribution in [0.5, 0.6) is 0 Å². The molecular weight excluding hydrogens is 188 g/mol. The Morgan fingerprint density at radius 1 is 1.67 bits per heavy atom. The van der Waals surface area contributed by atoms with E-state index >= 15 is 0 Å². The second-order valence-corrected chi connectivity index (χ2v) is 3.95. The zero-order valence-electron chi connectivity index (χ0n) is 9.91. The van der Waals surface area contributed by atoms with Gasteiger partial charge in [0.05, 0.1) is 11.7 Å². The van der Waals surface area contributed by atoms with Gasteiger partial charge in [-0.2, -0.15) is 5.10 Å². The molecule has 0 radical (unpaired) electrons. The minimum Gasteiger partial charge on any atom is -0.275 e. The van der Waals surface area contributed by atoms with E-state index in [0.29, 0.717) is 0 Å². The first-order chi connectivity index (χ1) is 7.08. The van der Waals surface area contributed by atoms with Crippen molar-refractivity contribution in [2.24, 2.45) is 12.9 Å². The van der Waals surface area contributed by atoms with Crippen LogP contribution in [0.3, 0.4) is 0 Å². The molecule has 0 aromatic carbocycles. The van der Waals surface area contributed by atoms with E-state index < -0.39 is 0 Å². The minimum atomic E-state index is 0.0543. The summed E-state index contributed by atoms with van der Waals surface area (Å²) in [5.74, 6) is 5.55. The maximum atomic E-state index is 5.55. The Kier molecular flexibility index (Phi) is 4.05. The average molecular weight is 208 g/mol. The second kappa shape index (κ2) is 5.09. The molecule has 1 atom stereocenters. The molecule has 0 aliphatic heterocycles. The van der Waals surface area contributed by atoms with Crippen LogP contribution in [0, 0.1) is 0 Å². The first-order valence-electron chi connectivity index (χ1n) is 5.22. The molecule has 1 aromatic heterocycles. The lowest BCUT2D eigenvalue weighted by Crippen LogP contribution is -2.27. The van der Waals surface area contributed by atoms with Crippen molar-refractivity contribution in [2.75, 3.05) is 0 Å². The monoisotopic (exact) mass is 208 g/mol. The molecule has 15 heavy (non-hydrogen) atoms. The molecule has 0 spiro atoms. The van der Waals surface area contributed by atoms with Crippen molar-refractivity contribution in [3.63, 3.8) is 0 Å². The van der Waals surface area contributed by atoms with Crippen LogP contribution in [-0.2, 0) is 13.5 Å². The average Bonchev–Trinajstić information content (AvgIpc) is 2.55. The molecule has 0 saturated heterocycles. The predicted molar refractivity (Wildman–Crippen MR) is 62.1 cm³/mol. The van der Waals surface area contributed by atoms with Gasteiger partial charge in [-0.1, -0.05) is 18.6 Å². The number of aryl methyl sites for hydroxylation is 2. The molecule has 0 bridgehead atoms. The van der Waals surface area contributed by atoms with Crippen molar-refractivity contribution >= 4 is 0 Å². The highest BCUT2D eigenvalue weighted by Gasteiger charge is 2.13. The number of rotatable bonds is 4. The van der Waals surface area contributed by atoms with Crippen LogP contribution in [0.25, 0.3) is 0 Å². The van der Waals surface area contributed by atoms with Gasteiger partial charge in [0.1, 0.15) is 0 Å². The molecule has 1 unspecified atom stereocenters. The van der Waals surface area contributed by atoms with Crippen molar-refractivity contribution in [3.8, 4) is 0 Å². The van der Waals surface area contributed by atoms with E-state index in [4.69, 9.17) is 5.84 Å². The molecule has 4 nitrogen and oxygen atoms in total. The summed E-state index contributed by atoms with van der Waals surface area (Å²) in [4.78, 5) is 0. The number of nitrogens with two attached hydrogens (primary N) is 1. The Bertz CT molecular complexity index is 347. The number of hydrogen-bond acceptors (Lipinski definition) is 3. The first-order valence-corrected chi connectivity index (χ1v) is 5.22. The van der Waals surface area contributed by atoms with Gasteiger partial charge in [-0.15, -0.1) is 0 Å². The smallest absolute Gasteiger partial charge is 0.0676 e. The quantitative estimate of drug-likeness (QED) is 0.447. The van der Waals surface area contributed by atoms with Crippen LogP contribution in [0.15, 0.2) is 17.8 Å². The molecule has 0 saturated carbocycles. The molecule has 1 rings (SSSR count). The number of allylic oxidation sites excluding steroid dienone is 1. The third kappa shape index (κ3) is 2.91. The molecule has 0 aliphatic carbocycles. The highest BCUT2D eigenvalue weighted by atomic mass is 15.3. The van der Waals surface area contributed by atoms with E-state index in [1.54, 1.807) is 0 Å². The van der Waals surface area contributed by atoms with Gasteiger partial charge in [0, 0.05) is 18.8 Å². The summed E-state index contributed by atoms with van der Waals surface area (Å²) in [5, 5.41) is 4.40. The van der Waals surface area contributed by atoms with Crippen LogP contribution < -0.4 is 11.3 Å². The fourth-order valence-electron chi connectivity index (χ4n) is 1.65. The second-order valence-electron chi connectivity index (χ2n) is 3.95. The van der Waals surface area contributed by atoms with Crippen LogP contribution >= 0.6 is 0 Å². The number of nitrogens with zero attached hydrogens (tertiary/aromatic N) is 2. The zero-order chi connectivity index (χ0) is 11.4. The number of hydrogen-bond donors (Lipinski definition) is 2. The van der Waals surface area contributed by atoms with Gasteiger partial charge in [-0.3, -0.25) is 10.5 Å². The molecule has 4 heteroatoms. The van der Waals surface area contributed by atoms with Crippen LogP contribution in [-0.4, -0.2) is 9.78 Å². The van der Waals surface area contributed by atoms with Crippen molar-refractivity contribution in [1.29, 1.82) is 0 Å². The summed E-state index contributed by atoms with van der Waals surface area (Å²) >= 11 is 0. The van der Waals surface area contributed by atoms with E-state index in [1.165, 1.54) is 5.57 Å². The fourth-order valence-corrected chi connectivity index (χ4v) is 1.65. The third-order valence-electron chi connectivity index (χ3n) is 2.29. The SMILES string of the molecule is CCc1nn(C)cc1C(C=C(C)C)NN. The van der Waals surface area contributed by atoms with Gasteiger partial charge < -0.3 is 0 Å². The Morgan fingerprint density at radius 3 is 2.80 bits per heavy atom. The lowest BCUT2D eigenvalue weighted by molar-refractivity contribution is 0.646. The Morgan fingerprint density at radius 2 is 2.33 bits per heavy atom. The highest BCUT2D eigenvalue weighted by Crippen LogP contribution is 2.19. The normalized spacial score (nSPS) is 12.6. The van der Waals surface area contributed by atoms with Crippen molar-refractivity contribution in [3.05, 3.63) is 29.1 Å². The van der Waals surface area contributed by atoms with Gasteiger partial charge in [0.15, 0.2) is 0 Å². The third-order valence-corrected chi connectivity index (χ3v) is 2.29. The molecule has 1 aromatic rings. The predicted octanol–water partition coefficient (Wildman–Crippen LogP) is 1.45.